The highest BCUT2D eigenvalue weighted by atomic mass is 15.1. The first-order valence-corrected chi connectivity index (χ1v) is 18.3. The third kappa shape index (κ3) is 4.84. The maximum atomic E-state index is 5.44. The third-order valence-electron chi connectivity index (χ3n) is 10.6. The largest absolute Gasteiger partial charge is 0.292 e. The zero-order valence-corrected chi connectivity index (χ0v) is 30.3. The Balaban J connectivity index is 1.39. The fourth-order valence-corrected chi connectivity index (χ4v) is 8.32. The summed E-state index contributed by atoms with van der Waals surface area (Å²) in [5.41, 5.74) is 15.6. The molecule has 7 aromatic carbocycles. The van der Waals surface area contributed by atoms with Gasteiger partial charge in [-0.3, -0.25) is 13.7 Å². The van der Waals surface area contributed by atoms with Crippen molar-refractivity contribution in [2.45, 2.75) is 20.8 Å². The highest BCUT2D eigenvalue weighted by Crippen LogP contribution is 2.46. The van der Waals surface area contributed by atoms with Crippen LogP contribution in [-0.2, 0) is 0 Å². The summed E-state index contributed by atoms with van der Waals surface area (Å²) in [5.74, 6) is 2.64. The van der Waals surface area contributed by atoms with Gasteiger partial charge in [0.25, 0.3) is 0 Å². The monoisotopic (exact) mass is 696 g/mol. The van der Waals surface area contributed by atoms with Crippen LogP contribution in [0.15, 0.2) is 164 Å². The Morgan fingerprint density at radius 3 is 0.815 bits per heavy atom. The topological polar surface area (TPSA) is 53.5 Å². The molecule has 0 radical (unpaired) electrons. The van der Waals surface area contributed by atoms with Gasteiger partial charge < -0.3 is 0 Å². The van der Waals surface area contributed by atoms with E-state index in [9.17, 15) is 0 Å². The first kappa shape index (κ1) is 31.7. The quantitative estimate of drug-likeness (QED) is 0.174. The van der Waals surface area contributed by atoms with Crippen molar-refractivity contribution in [1.29, 1.82) is 0 Å². The summed E-state index contributed by atoms with van der Waals surface area (Å²) < 4.78 is 6.90. The maximum absolute atomic E-state index is 5.44. The van der Waals surface area contributed by atoms with Crippen molar-refractivity contribution in [2.75, 3.05) is 0 Å². The Morgan fingerprint density at radius 1 is 0.296 bits per heavy atom. The van der Waals surface area contributed by atoms with Crippen molar-refractivity contribution in [1.82, 2.24) is 28.7 Å². The third-order valence-corrected chi connectivity index (χ3v) is 10.6. The molecule has 0 saturated carbocycles. The van der Waals surface area contributed by atoms with E-state index in [1.54, 1.807) is 0 Å². The van der Waals surface area contributed by atoms with Crippen LogP contribution in [0.1, 0.15) is 16.7 Å². The Hall–Kier alpha value is -7.05. The number of rotatable bonds is 6. The molecule has 6 nitrogen and oxygen atoms in total. The summed E-state index contributed by atoms with van der Waals surface area (Å²) in [6.45, 7) is 6.70. The molecule has 0 aliphatic carbocycles. The Morgan fingerprint density at radius 2 is 0.537 bits per heavy atom. The lowest BCUT2D eigenvalue weighted by Crippen LogP contribution is -2.09. The second-order valence-corrected chi connectivity index (χ2v) is 13.8. The number of nitrogens with zero attached hydrogens (tertiary/aromatic N) is 6. The van der Waals surface area contributed by atoms with Crippen LogP contribution in [0.3, 0.4) is 0 Å². The molecule has 3 aromatic heterocycles. The van der Waals surface area contributed by atoms with Crippen LogP contribution in [-0.4, -0.2) is 28.7 Å². The lowest BCUT2D eigenvalue weighted by Gasteiger charge is -2.24. The predicted molar refractivity (Wildman–Crippen MR) is 221 cm³/mol. The van der Waals surface area contributed by atoms with Crippen molar-refractivity contribution in [3.8, 4) is 51.2 Å². The summed E-state index contributed by atoms with van der Waals surface area (Å²) in [6, 6.07) is 56.8. The average Bonchev–Trinajstić information content (AvgIpc) is 3.90. The second kappa shape index (κ2) is 12.6. The number of fused-ring (bicyclic) bond motifs is 3. The van der Waals surface area contributed by atoms with Gasteiger partial charge in [0.15, 0.2) is 0 Å². The molecule has 6 heteroatoms. The van der Waals surface area contributed by atoms with Gasteiger partial charge in [-0.1, -0.05) is 91.0 Å². The van der Waals surface area contributed by atoms with Gasteiger partial charge in [-0.25, -0.2) is 15.0 Å². The lowest BCUT2D eigenvalue weighted by molar-refractivity contribution is 1.06. The molecule has 0 saturated heterocycles. The molecule has 10 aromatic rings. The molecular weight excluding hydrogens is 661 g/mol. The van der Waals surface area contributed by atoms with E-state index in [1.165, 1.54) is 0 Å². The standard InChI is InChI=1S/C48H36N6/c1-31-43(46-49-37-25-13-16-28-40(37)52(46)34-19-7-4-8-20-34)32(2)45(48-51-39-27-15-18-30-42(39)54(48)36-23-11-6-12-24-36)33(3)44(31)47-50-38-26-14-17-29-41(38)53(47)35-21-9-5-10-22-35/h4-30H,1-3H3. The van der Waals surface area contributed by atoms with E-state index >= 15 is 0 Å². The predicted octanol–water partition coefficient (Wildman–Crippen LogP) is 11.6. The first-order valence-electron chi connectivity index (χ1n) is 18.3. The first-order chi connectivity index (χ1) is 26.6. The molecule has 0 aliphatic rings. The van der Waals surface area contributed by atoms with Crippen LogP contribution in [0, 0.1) is 20.8 Å². The molecule has 0 amide bonds. The fraction of sp³-hybridized carbons (Fsp3) is 0.0625. The van der Waals surface area contributed by atoms with E-state index in [2.05, 4.69) is 198 Å². The fourth-order valence-electron chi connectivity index (χ4n) is 8.32. The normalized spacial score (nSPS) is 11.6. The van der Waals surface area contributed by atoms with Gasteiger partial charge in [0.1, 0.15) is 17.5 Å². The molecule has 0 bridgehead atoms. The average molecular weight is 697 g/mol. The van der Waals surface area contributed by atoms with E-state index in [0.29, 0.717) is 0 Å². The van der Waals surface area contributed by atoms with Gasteiger partial charge in [-0.2, -0.15) is 0 Å². The molecule has 258 valence electrons. The molecular formula is C48H36N6. The molecule has 3 heterocycles. The zero-order valence-electron chi connectivity index (χ0n) is 30.3. The molecule has 10 rings (SSSR count). The van der Waals surface area contributed by atoms with Gasteiger partial charge in [0.2, 0.25) is 0 Å². The van der Waals surface area contributed by atoms with Crippen LogP contribution in [0.25, 0.3) is 84.3 Å². The van der Waals surface area contributed by atoms with E-state index in [4.69, 9.17) is 15.0 Å². The summed E-state index contributed by atoms with van der Waals surface area (Å²) >= 11 is 0. The number of hydrogen-bond donors (Lipinski definition) is 0. The van der Waals surface area contributed by atoms with Gasteiger partial charge >= 0.3 is 0 Å². The molecule has 0 N–H and O–H groups in total. The minimum atomic E-state index is 0.879. The second-order valence-electron chi connectivity index (χ2n) is 13.8. The number of hydrogen-bond acceptors (Lipinski definition) is 3. The van der Waals surface area contributed by atoms with Crippen LogP contribution in [0.5, 0.6) is 0 Å². The smallest absolute Gasteiger partial charge is 0.146 e. The van der Waals surface area contributed by atoms with Crippen LogP contribution >= 0.6 is 0 Å². The van der Waals surface area contributed by atoms with Crippen molar-refractivity contribution < 1.29 is 0 Å². The van der Waals surface area contributed by atoms with E-state index in [-0.39, 0.29) is 0 Å². The number of imidazole rings is 3. The lowest BCUT2D eigenvalue weighted by atomic mass is 9.86. The minimum Gasteiger partial charge on any atom is -0.292 e. The highest BCUT2D eigenvalue weighted by molar-refractivity contribution is 5.95. The Labute approximate surface area is 313 Å². The van der Waals surface area contributed by atoms with Gasteiger partial charge in [-0.15, -0.1) is 0 Å². The number of benzene rings is 7. The number of para-hydroxylation sites is 9. The van der Waals surface area contributed by atoms with E-state index < -0.39 is 0 Å². The molecule has 0 fully saturated rings. The molecule has 54 heavy (non-hydrogen) atoms. The summed E-state index contributed by atoms with van der Waals surface area (Å²) in [5, 5.41) is 0. The SMILES string of the molecule is Cc1c(-c2nc3ccccc3n2-c2ccccc2)c(C)c(-c2nc3ccccc3n2-c2ccccc2)c(C)c1-c1nc2ccccc2n1-c1ccccc1. The van der Waals surface area contributed by atoms with Crippen molar-refractivity contribution >= 4 is 33.1 Å². The molecule has 0 unspecified atom stereocenters. The molecule has 0 spiro atoms. The Kier molecular flexibility index (Phi) is 7.37. The Bertz CT molecular complexity index is 2660. The minimum absolute atomic E-state index is 0.879. The molecule has 0 atom stereocenters. The van der Waals surface area contributed by atoms with Gasteiger partial charge in [0.05, 0.1) is 33.1 Å². The summed E-state index contributed by atoms with van der Waals surface area (Å²) in [4.78, 5) is 16.3. The summed E-state index contributed by atoms with van der Waals surface area (Å²) in [6.07, 6.45) is 0. The van der Waals surface area contributed by atoms with Crippen molar-refractivity contribution in [3.05, 3.63) is 180 Å². The van der Waals surface area contributed by atoms with Gasteiger partial charge in [-0.05, 0) is 110 Å². The van der Waals surface area contributed by atoms with E-state index in [0.717, 1.165) is 101 Å². The van der Waals surface area contributed by atoms with Crippen LogP contribution < -0.4 is 0 Å². The van der Waals surface area contributed by atoms with Gasteiger partial charge in [0, 0.05) is 33.8 Å². The van der Waals surface area contributed by atoms with Crippen molar-refractivity contribution in [2.24, 2.45) is 0 Å². The maximum Gasteiger partial charge on any atom is 0.146 e. The highest BCUT2D eigenvalue weighted by Gasteiger charge is 2.30. The number of aromatic nitrogens is 6. The zero-order chi connectivity index (χ0) is 36.3. The van der Waals surface area contributed by atoms with Crippen LogP contribution in [0.4, 0.5) is 0 Å². The van der Waals surface area contributed by atoms with E-state index in [1.807, 2.05) is 0 Å². The van der Waals surface area contributed by atoms with Crippen molar-refractivity contribution in [3.63, 3.8) is 0 Å². The molecule has 0 aliphatic heterocycles. The van der Waals surface area contributed by atoms with Crippen LogP contribution in [0.2, 0.25) is 0 Å². The summed E-state index contributed by atoms with van der Waals surface area (Å²) in [7, 11) is 0.